The average Bonchev–Trinajstić information content (AvgIpc) is 2.91. The summed E-state index contributed by atoms with van der Waals surface area (Å²) >= 11 is 6.20. The minimum atomic E-state index is -4.43. The van der Waals surface area contributed by atoms with Crippen molar-refractivity contribution < 1.29 is 17.6 Å². The molecule has 23 heavy (non-hydrogen) atoms. The van der Waals surface area contributed by atoms with Crippen LogP contribution in [0.2, 0.25) is 0 Å². The van der Waals surface area contributed by atoms with E-state index in [4.69, 9.17) is 16.6 Å². The van der Waals surface area contributed by atoms with Gasteiger partial charge in [0.1, 0.15) is 0 Å². The molecule has 1 aromatic carbocycles. The van der Waals surface area contributed by atoms with Gasteiger partial charge >= 0.3 is 6.18 Å². The normalized spacial score (nSPS) is 12.0. The molecular formula is C14H10F3N3OS2. The predicted molar refractivity (Wildman–Crippen MR) is 82.9 cm³/mol. The second-order valence-electron chi connectivity index (χ2n) is 4.61. The van der Waals surface area contributed by atoms with Crippen LogP contribution in [0, 0.1) is 4.84 Å². The smallest absolute Gasteiger partial charge is 0.414 e. The summed E-state index contributed by atoms with van der Waals surface area (Å²) in [6, 6.07) is 5.77. The van der Waals surface area contributed by atoms with Gasteiger partial charge in [-0.1, -0.05) is 12.1 Å². The molecule has 0 aliphatic rings. The van der Waals surface area contributed by atoms with E-state index >= 15 is 0 Å². The molecular weight excluding hydrogens is 347 g/mol. The van der Waals surface area contributed by atoms with Crippen molar-refractivity contribution in [3.63, 3.8) is 0 Å². The van der Waals surface area contributed by atoms with Crippen molar-refractivity contribution >= 4 is 34.9 Å². The zero-order valence-electron chi connectivity index (χ0n) is 11.6. The van der Waals surface area contributed by atoms with Crippen LogP contribution in [0.1, 0.15) is 11.5 Å². The Labute approximate surface area is 138 Å². The standard InChI is InChI=1S/C14H10F3N3OS2/c15-14(16,17)9-3-1-2-8-10(4-6-18-12(8)9)23-7-5-11-19-20-13(22)21-11/h1-4,6H,5,7H2,(H,20,22). The second-order valence-corrected chi connectivity index (χ2v) is 6.12. The lowest BCUT2D eigenvalue weighted by Crippen LogP contribution is -2.06. The van der Waals surface area contributed by atoms with Crippen LogP contribution in [0.3, 0.4) is 0 Å². The summed E-state index contributed by atoms with van der Waals surface area (Å²) in [5.74, 6) is 1.07. The minimum absolute atomic E-state index is 0.0395. The number of para-hydroxylation sites is 1. The molecule has 0 radical (unpaired) electrons. The molecule has 0 aliphatic heterocycles. The summed E-state index contributed by atoms with van der Waals surface area (Å²) < 4.78 is 44.3. The molecule has 0 unspecified atom stereocenters. The molecule has 0 atom stereocenters. The Morgan fingerprint density at radius 1 is 1.26 bits per heavy atom. The zero-order valence-corrected chi connectivity index (χ0v) is 13.2. The van der Waals surface area contributed by atoms with Crippen molar-refractivity contribution in [2.75, 3.05) is 5.75 Å². The number of alkyl halides is 3. The molecule has 0 bridgehead atoms. The number of pyridine rings is 1. The number of benzene rings is 1. The molecule has 3 rings (SSSR count). The first-order valence-electron chi connectivity index (χ1n) is 6.57. The maximum Gasteiger partial charge on any atom is 0.418 e. The van der Waals surface area contributed by atoms with E-state index in [2.05, 4.69) is 15.2 Å². The van der Waals surface area contributed by atoms with E-state index in [0.29, 0.717) is 23.5 Å². The van der Waals surface area contributed by atoms with E-state index in [0.717, 1.165) is 11.0 Å². The average molecular weight is 357 g/mol. The van der Waals surface area contributed by atoms with Crippen molar-refractivity contribution in [3.8, 4) is 0 Å². The third-order valence-electron chi connectivity index (χ3n) is 3.09. The predicted octanol–water partition coefficient (Wildman–Crippen LogP) is 4.63. The van der Waals surface area contributed by atoms with Crippen molar-refractivity contribution in [2.45, 2.75) is 17.5 Å². The van der Waals surface area contributed by atoms with Gasteiger partial charge in [-0.3, -0.25) is 4.98 Å². The molecule has 3 aromatic rings. The van der Waals surface area contributed by atoms with Crippen LogP contribution in [0.15, 0.2) is 39.8 Å². The number of aromatic amines is 1. The van der Waals surface area contributed by atoms with Gasteiger partial charge in [0.2, 0.25) is 5.89 Å². The van der Waals surface area contributed by atoms with Crippen LogP contribution in [-0.4, -0.2) is 20.9 Å². The van der Waals surface area contributed by atoms with Gasteiger partial charge in [-0.15, -0.1) is 16.9 Å². The lowest BCUT2D eigenvalue weighted by molar-refractivity contribution is -0.136. The number of H-pyrrole nitrogens is 1. The van der Waals surface area contributed by atoms with Crippen LogP contribution < -0.4 is 0 Å². The Hall–Kier alpha value is -1.87. The van der Waals surface area contributed by atoms with Crippen LogP contribution in [0.25, 0.3) is 10.9 Å². The van der Waals surface area contributed by atoms with Gasteiger partial charge in [0.05, 0.1) is 11.1 Å². The fourth-order valence-corrected chi connectivity index (χ4v) is 3.24. The first-order valence-corrected chi connectivity index (χ1v) is 7.96. The summed E-state index contributed by atoms with van der Waals surface area (Å²) in [7, 11) is 0. The molecule has 4 nitrogen and oxygen atoms in total. The molecule has 0 amide bonds. The van der Waals surface area contributed by atoms with Gasteiger partial charge in [-0.05, 0) is 24.4 Å². The first-order chi connectivity index (χ1) is 10.9. The van der Waals surface area contributed by atoms with Gasteiger partial charge in [0.25, 0.3) is 4.84 Å². The molecule has 120 valence electrons. The number of rotatable bonds is 4. The van der Waals surface area contributed by atoms with E-state index in [9.17, 15) is 13.2 Å². The summed E-state index contributed by atoms with van der Waals surface area (Å²) in [6.07, 6.45) is -2.52. The van der Waals surface area contributed by atoms with Crippen molar-refractivity contribution in [1.29, 1.82) is 0 Å². The van der Waals surface area contributed by atoms with Crippen LogP contribution in [0.5, 0.6) is 0 Å². The largest absolute Gasteiger partial charge is 0.418 e. The number of fused-ring (bicyclic) bond motifs is 1. The lowest BCUT2D eigenvalue weighted by atomic mass is 10.1. The van der Waals surface area contributed by atoms with Crippen LogP contribution in [0.4, 0.5) is 13.2 Å². The molecule has 0 fully saturated rings. The summed E-state index contributed by atoms with van der Waals surface area (Å²) in [6.45, 7) is 0. The third kappa shape index (κ3) is 3.56. The van der Waals surface area contributed by atoms with Crippen molar-refractivity contribution in [1.82, 2.24) is 15.2 Å². The monoisotopic (exact) mass is 357 g/mol. The fraction of sp³-hybridized carbons (Fsp3) is 0.214. The van der Waals surface area contributed by atoms with E-state index in [-0.39, 0.29) is 10.4 Å². The maximum absolute atomic E-state index is 13.0. The highest BCUT2D eigenvalue weighted by molar-refractivity contribution is 7.99. The number of hydrogen-bond acceptors (Lipinski definition) is 5. The van der Waals surface area contributed by atoms with Crippen LogP contribution >= 0.6 is 24.0 Å². The topological polar surface area (TPSA) is 54.7 Å². The van der Waals surface area contributed by atoms with Gasteiger partial charge in [0, 0.05) is 28.7 Å². The number of halogens is 3. The molecule has 0 aliphatic carbocycles. The molecule has 0 saturated heterocycles. The van der Waals surface area contributed by atoms with Gasteiger partial charge in [-0.2, -0.15) is 13.2 Å². The van der Waals surface area contributed by atoms with Gasteiger partial charge in [-0.25, -0.2) is 5.10 Å². The summed E-state index contributed by atoms with van der Waals surface area (Å²) in [5.41, 5.74) is -0.766. The number of aryl methyl sites for hydroxylation is 1. The van der Waals surface area contributed by atoms with Crippen molar-refractivity contribution in [3.05, 3.63) is 46.8 Å². The Morgan fingerprint density at radius 2 is 2.09 bits per heavy atom. The Bertz CT molecular complexity index is 889. The second kappa shape index (κ2) is 6.32. The van der Waals surface area contributed by atoms with Crippen molar-refractivity contribution in [2.24, 2.45) is 0 Å². The highest BCUT2D eigenvalue weighted by Crippen LogP contribution is 2.36. The number of nitrogens with zero attached hydrogens (tertiary/aromatic N) is 2. The molecule has 2 aromatic heterocycles. The molecule has 1 N–H and O–H groups in total. The summed E-state index contributed by atoms with van der Waals surface area (Å²) in [4.78, 5) is 4.83. The Kier molecular flexibility index (Phi) is 4.40. The lowest BCUT2D eigenvalue weighted by Gasteiger charge is -2.11. The van der Waals surface area contributed by atoms with E-state index < -0.39 is 11.7 Å². The Balaban J connectivity index is 1.85. The number of hydrogen-bond donors (Lipinski definition) is 1. The highest BCUT2D eigenvalue weighted by atomic mass is 32.2. The minimum Gasteiger partial charge on any atom is -0.414 e. The van der Waals surface area contributed by atoms with Gasteiger partial charge < -0.3 is 4.42 Å². The quantitative estimate of drug-likeness (QED) is 0.545. The summed E-state index contributed by atoms with van der Waals surface area (Å²) in [5, 5.41) is 6.89. The molecule has 0 spiro atoms. The first kappa shape index (κ1) is 16.0. The van der Waals surface area contributed by atoms with E-state index in [1.54, 1.807) is 12.1 Å². The van der Waals surface area contributed by atoms with Gasteiger partial charge in [0.15, 0.2) is 0 Å². The number of thioether (sulfide) groups is 1. The van der Waals surface area contributed by atoms with E-state index in [1.165, 1.54) is 24.0 Å². The number of nitrogens with one attached hydrogen (secondary N) is 1. The third-order valence-corrected chi connectivity index (χ3v) is 4.34. The van der Waals surface area contributed by atoms with E-state index in [1.807, 2.05) is 0 Å². The molecule has 2 heterocycles. The Morgan fingerprint density at radius 3 is 2.78 bits per heavy atom. The van der Waals surface area contributed by atoms with Crippen LogP contribution in [-0.2, 0) is 12.6 Å². The maximum atomic E-state index is 13.0. The number of aromatic nitrogens is 3. The SMILES string of the molecule is FC(F)(F)c1cccc2c(SCCc3n[nH]c(=S)o3)ccnc12. The molecule has 0 saturated carbocycles. The fourth-order valence-electron chi connectivity index (χ4n) is 2.12. The molecule has 9 heteroatoms. The highest BCUT2D eigenvalue weighted by Gasteiger charge is 2.33. The zero-order chi connectivity index (χ0) is 16.4.